The molecule has 2 N–H and O–H groups in total. The molecule has 1 amide bonds. The minimum atomic E-state index is -0.740. The van der Waals surface area contributed by atoms with Gasteiger partial charge in [-0.25, -0.2) is 0 Å². The van der Waals surface area contributed by atoms with Crippen LogP contribution in [0.5, 0.6) is 0 Å². The number of hydrogen-bond acceptors (Lipinski definition) is 6. The quantitative estimate of drug-likeness (QED) is 0.0794. The zero-order valence-corrected chi connectivity index (χ0v) is 28.5. The molecule has 0 aliphatic rings. The molecule has 0 fully saturated rings. The molecule has 7 nitrogen and oxygen atoms in total. The SMILES string of the molecule is CCCCCCCCC(CC)C(=O)OCCN(CCOC(=O)C(CC)CCCCCCCC)C(=O)C(N)Cc1ccccc1. The van der Waals surface area contributed by atoms with Gasteiger partial charge in [0.05, 0.1) is 31.0 Å². The predicted octanol–water partition coefficient (Wildman–Crippen LogP) is 8.03. The van der Waals surface area contributed by atoms with Crippen molar-refractivity contribution in [2.75, 3.05) is 26.3 Å². The number of ether oxygens (including phenoxy) is 2. The highest BCUT2D eigenvalue weighted by molar-refractivity contribution is 5.82. The normalized spacial score (nSPS) is 13.2. The van der Waals surface area contributed by atoms with E-state index in [0.717, 1.165) is 56.9 Å². The van der Waals surface area contributed by atoms with Crippen molar-refractivity contribution in [3.63, 3.8) is 0 Å². The molecule has 0 aliphatic heterocycles. The van der Waals surface area contributed by atoms with Crippen LogP contribution in [-0.2, 0) is 30.3 Å². The molecule has 1 rings (SSSR count). The van der Waals surface area contributed by atoms with Crippen molar-refractivity contribution in [2.24, 2.45) is 17.6 Å². The first kappa shape index (κ1) is 39.6. The lowest BCUT2D eigenvalue weighted by atomic mass is 9.98. The number of nitrogens with zero attached hydrogens (tertiary/aromatic N) is 1. The van der Waals surface area contributed by atoms with Crippen LogP contribution in [0.15, 0.2) is 30.3 Å². The van der Waals surface area contributed by atoms with Gasteiger partial charge in [0.25, 0.3) is 0 Å². The molecular weight excluding hydrogens is 552 g/mol. The van der Waals surface area contributed by atoms with E-state index in [4.69, 9.17) is 15.2 Å². The fourth-order valence-corrected chi connectivity index (χ4v) is 5.59. The van der Waals surface area contributed by atoms with E-state index >= 15 is 0 Å². The third-order valence-corrected chi connectivity index (χ3v) is 8.60. The van der Waals surface area contributed by atoms with Gasteiger partial charge in [-0.2, -0.15) is 0 Å². The maximum Gasteiger partial charge on any atom is 0.308 e. The summed E-state index contributed by atoms with van der Waals surface area (Å²) in [5.74, 6) is -0.879. The van der Waals surface area contributed by atoms with Gasteiger partial charge >= 0.3 is 11.9 Å². The van der Waals surface area contributed by atoms with E-state index < -0.39 is 6.04 Å². The van der Waals surface area contributed by atoms with E-state index in [1.165, 1.54) is 51.4 Å². The lowest BCUT2D eigenvalue weighted by Crippen LogP contribution is -2.47. The number of hydrogen-bond donors (Lipinski definition) is 1. The zero-order valence-electron chi connectivity index (χ0n) is 28.5. The Balaban J connectivity index is 2.65. The Morgan fingerprint density at radius 1 is 0.659 bits per heavy atom. The van der Waals surface area contributed by atoms with Crippen LogP contribution in [0.4, 0.5) is 0 Å². The summed E-state index contributed by atoms with van der Waals surface area (Å²) in [5.41, 5.74) is 7.32. The Morgan fingerprint density at radius 3 is 1.52 bits per heavy atom. The number of amides is 1. The molecule has 3 atom stereocenters. The van der Waals surface area contributed by atoms with Crippen LogP contribution in [0.1, 0.15) is 136 Å². The van der Waals surface area contributed by atoms with Crippen LogP contribution in [0.3, 0.4) is 0 Å². The maximum atomic E-state index is 13.4. The van der Waals surface area contributed by atoms with Crippen LogP contribution in [-0.4, -0.2) is 55.1 Å². The van der Waals surface area contributed by atoms with E-state index in [0.29, 0.717) is 6.42 Å². The average molecular weight is 617 g/mol. The number of benzene rings is 1. The molecule has 7 heteroatoms. The van der Waals surface area contributed by atoms with E-state index in [1.807, 2.05) is 44.2 Å². The highest BCUT2D eigenvalue weighted by atomic mass is 16.5. The molecule has 0 saturated heterocycles. The number of carbonyl (C=O) groups excluding carboxylic acids is 3. The third-order valence-electron chi connectivity index (χ3n) is 8.60. The van der Waals surface area contributed by atoms with Crippen molar-refractivity contribution in [1.82, 2.24) is 4.90 Å². The van der Waals surface area contributed by atoms with Crippen LogP contribution in [0.2, 0.25) is 0 Å². The monoisotopic (exact) mass is 616 g/mol. The highest BCUT2D eigenvalue weighted by Crippen LogP contribution is 2.18. The Kier molecular flexibility index (Phi) is 23.3. The molecule has 252 valence electrons. The second-order valence-corrected chi connectivity index (χ2v) is 12.3. The first-order valence-electron chi connectivity index (χ1n) is 17.8. The smallest absolute Gasteiger partial charge is 0.308 e. The number of unbranched alkanes of at least 4 members (excludes halogenated alkanes) is 10. The highest BCUT2D eigenvalue weighted by Gasteiger charge is 2.24. The van der Waals surface area contributed by atoms with Gasteiger partial charge in [-0.3, -0.25) is 14.4 Å². The topological polar surface area (TPSA) is 98.9 Å². The Hall–Kier alpha value is -2.41. The largest absolute Gasteiger partial charge is 0.464 e. The molecule has 0 radical (unpaired) electrons. The summed E-state index contributed by atoms with van der Waals surface area (Å²) in [4.78, 5) is 40.6. The van der Waals surface area contributed by atoms with Crippen molar-refractivity contribution in [3.8, 4) is 0 Å². The van der Waals surface area contributed by atoms with Gasteiger partial charge in [-0.1, -0.05) is 135 Å². The number of nitrogens with two attached hydrogens (primary N) is 1. The van der Waals surface area contributed by atoms with Crippen LogP contribution in [0.25, 0.3) is 0 Å². The molecule has 0 bridgehead atoms. The van der Waals surface area contributed by atoms with Crippen molar-refractivity contribution >= 4 is 17.8 Å². The zero-order chi connectivity index (χ0) is 32.4. The molecule has 1 aromatic rings. The predicted molar refractivity (Wildman–Crippen MR) is 180 cm³/mol. The van der Waals surface area contributed by atoms with Gasteiger partial charge in [-0.05, 0) is 37.7 Å². The van der Waals surface area contributed by atoms with Crippen molar-refractivity contribution in [3.05, 3.63) is 35.9 Å². The summed E-state index contributed by atoms with van der Waals surface area (Å²) in [7, 11) is 0. The Labute approximate surface area is 269 Å². The summed E-state index contributed by atoms with van der Waals surface area (Å²) in [6, 6.07) is 8.94. The second-order valence-electron chi connectivity index (χ2n) is 12.3. The second kappa shape index (κ2) is 25.9. The lowest BCUT2D eigenvalue weighted by Gasteiger charge is -2.26. The van der Waals surface area contributed by atoms with Crippen molar-refractivity contribution < 1.29 is 23.9 Å². The number of rotatable bonds is 27. The molecule has 3 unspecified atom stereocenters. The summed E-state index contributed by atoms with van der Waals surface area (Å²) < 4.78 is 11.3. The standard InChI is InChI=1S/C37H64N2O5/c1-5-9-11-13-15-20-24-32(7-3)36(41)43-28-26-39(35(40)34(38)30-31-22-18-17-19-23-31)27-29-44-37(42)33(8-4)25-21-16-14-12-10-6-2/h17-19,22-23,32-34H,5-16,20-21,24-30,38H2,1-4H3. The van der Waals surface area contributed by atoms with E-state index in [2.05, 4.69) is 13.8 Å². The first-order chi connectivity index (χ1) is 21.4. The molecule has 1 aromatic carbocycles. The van der Waals surface area contributed by atoms with Crippen molar-refractivity contribution in [2.45, 2.75) is 143 Å². The Morgan fingerprint density at radius 2 is 1.09 bits per heavy atom. The molecule has 0 aromatic heterocycles. The molecule has 44 heavy (non-hydrogen) atoms. The van der Waals surface area contributed by atoms with Gasteiger partial charge < -0.3 is 20.1 Å². The van der Waals surface area contributed by atoms with E-state index in [9.17, 15) is 14.4 Å². The van der Waals surface area contributed by atoms with E-state index in [1.54, 1.807) is 4.90 Å². The van der Waals surface area contributed by atoms with Crippen LogP contribution in [0, 0.1) is 11.8 Å². The fraction of sp³-hybridized carbons (Fsp3) is 0.757. The minimum Gasteiger partial charge on any atom is -0.464 e. The van der Waals surface area contributed by atoms with Gasteiger partial charge in [0.1, 0.15) is 13.2 Å². The summed E-state index contributed by atoms with van der Waals surface area (Å²) in [6.07, 6.45) is 17.8. The number of carbonyl (C=O) groups is 3. The van der Waals surface area contributed by atoms with Crippen LogP contribution < -0.4 is 5.73 Å². The average Bonchev–Trinajstić information content (AvgIpc) is 3.03. The van der Waals surface area contributed by atoms with Gasteiger partial charge in [0, 0.05) is 0 Å². The lowest BCUT2D eigenvalue weighted by molar-refractivity contribution is -0.152. The first-order valence-corrected chi connectivity index (χ1v) is 17.8. The molecule has 0 spiro atoms. The van der Waals surface area contributed by atoms with Gasteiger partial charge in [0.15, 0.2) is 0 Å². The Bertz CT molecular complexity index is 836. The summed E-state index contributed by atoms with van der Waals surface area (Å²) in [6.45, 7) is 9.08. The number of esters is 2. The van der Waals surface area contributed by atoms with Gasteiger partial charge in [-0.15, -0.1) is 0 Å². The fourth-order valence-electron chi connectivity index (χ4n) is 5.59. The maximum absolute atomic E-state index is 13.4. The molecule has 0 saturated carbocycles. The van der Waals surface area contributed by atoms with E-state index in [-0.39, 0.29) is 56.0 Å². The summed E-state index contributed by atoms with van der Waals surface area (Å²) >= 11 is 0. The van der Waals surface area contributed by atoms with Crippen molar-refractivity contribution in [1.29, 1.82) is 0 Å². The summed E-state index contributed by atoms with van der Waals surface area (Å²) in [5, 5.41) is 0. The minimum absolute atomic E-state index is 0.0964. The third kappa shape index (κ3) is 17.8. The molecule has 0 heterocycles. The molecule has 0 aliphatic carbocycles. The molecular formula is C37H64N2O5. The van der Waals surface area contributed by atoms with Gasteiger partial charge in [0.2, 0.25) is 5.91 Å². The van der Waals surface area contributed by atoms with Crippen LogP contribution >= 0.6 is 0 Å².